The van der Waals surface area contributed by atoms with E-state index < -0.39 is 17.3 Å². The summed E-state index contributed by atoms with van der Waals surface area (Å²) in [7, 11) is 1.55. The molecule has 0 atom stereocenters. The third-order valence-electron chi connectivity index (χ3n) is 4.11. The minimum Gasteiger partial charge on any atom is -0.488 e. The van der Waals surface area contributed by atoms with E-state index in [0.29, 0.717) is 30.6 Å². The van der Waals surface area contributed by atoms with Gasteiger partial charge in [-0.2, -0.15) is 18.2 Å². The van der Waals surface area contributed by atoms with E-state index in [0.717, 1.165) is 6.07 Å². The highest BCUT2D eigenvalue weighted by Gasteiger charge is 2.34. The largest absolute Gasteiger partial charge is 0.488 e. The average Bonchev–Trinajstić information content (AvgIpc) is 3.12. The lowest BCUT2D eigenvalue weighted by atomic mass is 10.1. The topological polar surface area (TPSA) is 84.6 Å². The maximum atomic E-state index is 13.6. The predicted molar refractivity (Wildman–Crippen MR) is 112 cm³/mol. The molecule has 0 aliphatic heterocycles. The number of ether oxygens (including phenoxy) is 1. The summed E-state index contributed by atoms with van der Waals surface area (Å²) in [5.41, 5.74) is -1.25. The van der Waals surface area contributed by atoms with Crippen LogP contribution in [0.4, 0.5) is 13.2 Å². The van der Waals surface area contributed by atoms with Gasteiger partial charge >= 0.3 is 6.18 Å². The van der Waals surface area contributed by atoms with Crippen LogP contribution in [-0.4, -0.2) is 35.3 Å². The van der Waals surface area contributed by atoms with Crippen LogP contribution in [0, 0.1) is 0 Å². The maximum Gasteiger partial charge on any atom is 0.416 e. The molecule has 0 aliphatic carbocycles. The predicted octanol–water partition coefficient (Wildman–Crippen LogP) is 4.30. The average molecular weight is 441 g/mol. The van der Waals surface area contributed by atoms with Gasteiger partial charge in [0.25, 0.3) is 0 Å². The van der Waals surface area contributed by atoms with Gasteiger partial charge in [0.05, 0.1) is 5.56 Å². The van der Waals surface area contributed by atoms with Gasteiger partial charge in [-0.1, -0.05) is 25.1 Å². The lowest BCUT2D eigenvalue weighted by Crippen LogP contribution is -2.38. The van der Waals surface area contributed by atoms with Crippen LogP contribution in [0.2, 0.25) is 0 Å². The molecule has 2 aromatic rings. The molecular weight excluding hydrogens is 411 g/mol. The molecule has 172 valence electrons. The Balaban J connectivity index is 1.99. The monoisotopic (exact) mass is 441 g/mol. The van der Waals surface area contributed by atoms with E-state index in [9.17, 15) is 13.2 Å². The fourth-order valence-electron chi connectivity index (χ4n) is 2.68. The summed E-state index contributed by atoms with van der Waals surface area (Å²) in [6, 6.07) is 3.98. The molecule has 0 amide bonds. The first kappa shape index (κ1) is 24.5. The molecule has 0 aliphatic rings. The van der Waals surface area contributed by atoms with Crippen molar-refractivity contribution in [2.24, 2.45) is 4.99 Å². The van der Waals surface area contributed by atoms with E-state index in [4.69, 9.17) is 9.26 Å². The van der Waals surface area contributed by atoms with Crippen LogP contribution in [0.15, 0.2) is 27.7 Å². The molecule has 7 nitrogen and oxygen atoms in total. The Morgan fingerprint density at radius 3 is 2.45 bits per heavy atom. The Labute approximate surface area is 180 Å². The minimum absolute atomic E-state index is 0.0532. The van der Waals surface area contributed by atoms with Gasteiger partial charge in [-0.15, -0.1) is 0 Å². The third kappa shape index (κ3) is 7.76. The van der Waals surface area contributed by atoms with E-state index in [1.807, 2.05) is 13.8 Å². The summed E-state index contributed by atoms with van der Waals surface area (Å²) < 4.78 is 51.4. The standard InChI is InChI=1S/C21H30F3N5O2/c1-13(2)18-28-17(31-29-18)9-10-26-19(25-6)27-12-14-7-8-15(30-20(3,4)5)11-16(14)21(22,23)24/h7-8,11,13H,9-10,12H2,1-6H3,(H2,25,26,27). The molecule has 0 saturated carbocycles. The number of hydrogen-bond acceptors (Lipinski definition) is 5. The lowest BCUT2D eigenvalue weighted by molar-refractivity contribution is -0.138. The summed E-state index contributed by atoms with van der Waals surface area (Å²) in [5.74, 6) is 1.83. The van der Waals surface area contributed by atoms with Gasteiger partial charge < -0.3 is 19.9 Å². The van der Waals surface area contributed by atoms with Crippen molar-refractivity contribution in [3.8, 4) is 5.75 Å². The molecule has 1 heterocycles. The molecule has 1 aromatic heterocycles. The van der Waals surface area contributed by atoms with E-state index in [-0.39, 0.29) is 23.8 Å². The van der Waals surface area contributed by atoms with Crippen LogP contribution in [0.25, 0.3) is 0 Å². The first-order chi connectivity index (χ1) is 14.4. The second-order valence-corrected chi connectivity index (χ2v) is 8.33. The molecule has 0 unspecified atom stereocenters. The number of halogens is 3. The quantitative estimate of drug-likeness (QED) is 0.492. The van der Waals surface area contributed by atoms with Crippen molar-refractivity contribution in [2.75, 3.05) is 13.6 Å². The van der Waals surface area contributed by atoms with Crippen molar-refractivity contribution in [1.82, 2.24) is 20.8 Å². The Hall–Kier alpha value is -2.78. The molecule has 2 N–H and O–H groups in total. The number of nitrogens with one attached hydrogen (secondary N) is 2. The number of hydrogen-bond donors (Lipinski definition) is 2. The van der Waals surface area contributed by atoms with Crippen LogP contribution >= 0.6 is 0 Å². The van der Waals surface area contributed by atoms with Gasteiger partial charge in [-0.25, -0.2) is 0 Å². The highest BCUT2D eigenvalue weighted by Crippen LogP contribution is 2.35. The van der Waals surface area contributed by atoms with E-state index >= 15 is 0 Å². The van der Waals surface area contributed by atoms with Crippen LogP contribution in [0.3, 0.4) is 0 Å². The summed E-state index contributed by atoms with van der Waals surface area (Å²) in [6.07, 6.45) is -4.04. The van der Waals surface area contributed by atoms with Crippen molar-refractivity contribution >= 4 is 5.96 Å². The third-order valence-corrected chi connectivity index (χ3v) is 4.11. The highest BCUT2D eigenvalue weighted by atomic mass is 19.4. The molecule has 0 saturated heterocycles. The molecule has 0 bridgehead atoms. The zero-order valence-corrected chi connectivity index (χ0v) is 18.7. The van der Waals surface area contributed by atoms with Crippen molar-refractivity contribution in [2.45, 2.75) is 65.3 Å². The van der Waals surface area contributed by atoms with Gasteiger partial charge in [0.15, 0.2) is 11.8 Å². The molecule has 2 rings (SSSR count). The van der Waals surface area contributed by atoms with Crippen molar-refractivity contribution in [3.63, 3.8) is 0 Å². The van der Waals surface area contributed by atoms with Gasteiger partial charge in [0, 0.05) is 32.5 Å². The molecule has 10 heteroatoms. The summed E-state index contributed by atoms with van der Waals surface area (Å²) in [6.45, 7) is 9.66. The second kappa shape index (κ2) is 10.0. The zero-order valence-electron chi connectivity index (χ0n) is 18.7. The maximum absolute atomic E-state index is 13.6. The molecule has 0 spiro atoms. The second-order valence-electron chi connectivity index (χ2n) is 8.33. The molecular formula is C21H30F3N5O2. The van der Waals surface area contributed by atoms with E-state index in [1.165, 1.54) is 12.1 Å². The number of nitrogens with zero attached hydrogens (tertiary/aromatic N) is 3. The normalized spacial score (nSPS) is 12.9. The first-order valence-electron chi connectivity index (χ1n) is 10.0. The molecule has 0 fully saturated rings. The van der Waals surface area contributed by atoms with Crippen LogP contribution in [-0.2, 0) is 19.1 Å². The number of guanidine groups is 1. The first-order valence-corrected chi connectivity index (χ1v) is 10.0. The fraction of sp³-hybridized carbons (Fsp3) is 0.571. The van der Waals surface area contributed by atoms with Crippen molar-refractivity contribution in [1.29, 1.82) is 0 Å². The number of aromatic nitrogens is 2. The fourth-order valence-corrected chi connectivity index (χ4v) is 2.68. The van der Waals surface area contributed by atoms with Crippen LogP contribution in [0.5, 0.6) is 5.75 Å². The Morgan fingerprint density at radius 2 is 1.90 bits per heavy atom. The van der Waals surface area contributed by atoms with Gasteiger partial charge in [-0.05, 0) is 38.5 Å². The molecule has 0 radical (unpaired) electrons. The van der Waals surface area contributed by atoms with Crippen molar-refractivity contribution < 1.29 is 22.4 Å². The highest BCUT2D eigenvalue weighted by molar-refractivity contribution is 5.79. The Morgan fingerprint density at radius 1 is 1.19 bits per heavy atom. The Bertz CT molecular complexity index is 886. The van der Waals surface area contributed by atoms with Crippen LogP contribution < -0.4 is 15.4 Å². The lowest BCUT2D eigenvalue weighted by Gasteiger charge is -2.23. The number of alkyl halides is 3. The van der Waals surface area contributed by atoms with Crippen LogP contribution in [0.1, 0.15) is 63.4 Å². The van der Waals surface area contributed by atoms with E-state index in [1.54, 1.807) is 27.8 Å². The molecule has 31 heavy (non-hydrogen) atoms. The number of benzene rings is 1. The number of aliphatic imine (C=N–C) groups is 1. The van der Waals surface area contributed by atoms with Gasteiger partial charge in [-0.3, -0.25) is 4.99 Å². The van der Waals surface area contributed by atoms with Gasteiger partial charge in [0.2, 0.25) is 5.89 Å². The smallest absolute Gasteiger partial charge is 0.416 e. The number of rotatable bonds is 7. The Kier molecular flexibility index (Phi) is 7.91. The zero-order chi connectivity index (χ0) is 23.2. The van der Waals surface area contributed by atoms with E-state index in [2.05, 4.69) is 25.8 Å². The van der Waals surface area contributed by atoms with Gasteiger partial charge in [0.1, 0.15) is 11.4 Å². The molecule has 1 aromatic carbocycles. The summed E-state index contributed by atoms with van der Waals surface area (Å²) >= 11 is 0. The van der Waals surface area contributed by atoms with Crippen molar-refractivity contribution in [3.05, 3.63) is 41.0 Å². The minimum atomic E-state index is -4.50. The summed E-state index contributed by atoms with van der Waals surface area (Å²) in [5, 5.41) is 9.83. The summed E-state index contributed by atoms with van der Waals surface area (Å²) in [4.78, 5) is 8.33. The SMILES string of the molecule is CN=C(NCCc1nc(C(C)C)no1)NCc1ccc(OC(C)(C)C)cc1C(F)(F)F.